The van der Waals surface area contributed by atoms with Crippen molar-refractivity contribution in [2.24, 2.45) is 0 Å². The Morgan fingerprint density at radius 2 is 2.03 bits per heavy atom. The summed E-state index contributed by atoms with van der Waals surface area (Å²) in [5, 5.41) is 2.87. The molecule has 8 heteroatoms. The molecule has 29 heavy (non-hydrogen) atoms. The number of hydrogen-bond donors (Lipinski definition) is 1. The first-order valence-electron chi connectivity index (χ1n) is 9.13. The summed E-state index contributed by atoms with van der Waals surface area (Å²) < 4.78 is 5.83. The maximum Gasteiger partial charge on any atom is 0.266 e. The molecule has 1 aromatic heterocycles. The summed E-state index contributed by atoms with van der Waals surface area (Å²) in [5.41, 5.74) is 2.07. The Hall–Kier alpha value is -2.42. The fourth-order valence-corrected chi connectivity index (χ4v) is 4.13. The van der Waals surface area contributed by atoms with Crippen molar-refractivity contribution in [3.05, 3.63) is 64.5 Å². The maximum absolute atomic E-state index is 12.7. The van der Waals surface area contributed by atoms with Crippen molar-refractivity contribution in [1.82, 2.24) is 15.1 Å². The van der Waals surface area contributed by atoms with Crippen molar-refractivity contribution in [3.63, 3.8) is 0 Å². The van der Waals surface area contributed by atoms with E-state index in [0.29, 0.717) is 15.8 Å². The Balaban J connectivity index is 1.60. The number of carbonyl (C=O) groups is 2. The molecule has 1 aliphatic heterocycles. The molecule has 1 fully saturated rings. The summed E-state index contributed by atoms with van der Waals surface area (Å²) in [6.07, 6.45) is 3.41. The third-order valence-corrected chi connectivity index (χ3v) is 5.92. The van der Waals surface area contributed by atoms with E-state index >= 15 is 0 Å². The number of furan rings is 1. The number of likely N-dealkylation sites (N-methyl/N-ethyl adjacent to an activating group) is 1. The summed E-state index contributed by atoms with van der Waals surface area (Å²) in [6, 6.07) is 11.5. The number of aryl methyl sites for hydroxylation is 1. The first-order valence-corrected chi connectivity index (χ1v) is 10.4. The molecular weight excluding hydrogens is 406 g/mol. The number of rotatable bonds is 7. The van der Waals surface area contributed by atoms with Crippen molar-refractivity contribution < 1.29 is 14.0 Å². The van der Waals surface area contributed by atoms with Crippen LogP contribution in [0.1, 0.15) is 22.9 Å². The lowest BCUT2D eigenvalue weighted by molar-refractivity contribution is -0.128. The second-order valence-corrected chi connectivity index (χ2v) is 8.65. The van der Waals surface area contributed by atoms with Gasteiger partial charge < -0.3 is 9.73 Å². The van der Waals surface area contributed by atoms with E-state index in [0.717, 1.165) is 16.9 Å². The zero-order valence-electron chi connectivity index (χ0n) is 16.5. The van der Waals surface area contributed by atoms with Crippen molar-refractivity contribution in [2.45, 2.75) is 13.0 Å². The van der Waals surface area contributed by atoms with Gasteiger partial charge in [-0.3, -0.25) is 19.4 Å². The first kappa shape index (κ1) is 21.3. The van der Waals surface area contributed by atoms with Gasteiger partial charge in [-0.05, 0) is 44.8 Å². The van der Waals surface area contributed by atoms with E-state index < -0.39 is 0 Å². The van der Waals surface area contributed by atoms with Crippen LogP contribution in [-0.2, 0) is 9.59 Å². The number of nitrogens with one attached hydrogen (secondary N) is 1. The number of nitrogens with zero attached hydrogens (tertiary/aromatic N) is 2. The Bertz CT molecular complexity index is 921. The van der Waals surface area contributed by atoms with Crippen LogP contribution in [0.2, 0.25) is 0 Å². The SMILES string of the molecule is Cc1ccc(/C=C2\SC(=S)N(CC(=O)NCC(c3ccco3)N(C)C)C2=O)cc1. The minimum absolute atomic E-state index is 0.0958. The number of amides is 2. The predicted octanol–water partition coefficient (Wildman–Crippen LogP) is 3.21. The van der Waals surface area contributed by atoms with Gasteiger partial charge in [0.2, 0.25) is 5.91 Å². The van der Waals surface area contributed by atoms with Gasteiger partial charge in [0.15, 0.2) is 0 Å². The molecule has 2 heterocycles. The Kier molecular flexibility index (Phi) is 6.89. The number of benzene rings is 1. The number of carbonyl (C=O) groups excluding carboxylic acids is 2. The molecule has 1 aromatic carbocycles. The average Bonchev–Trinajstić information content (AvgIpc) is 3.28. The van der Waals surface area contributed by atoms with Gasteiger partial charge in [0.1, 0.15) is 16.6 Å². The topological polar surface area (TPSA) is 65.8 Å². The van der Waals surface area contributed by atoms with Crippen LogP contribution in [0.3, 0.4) is 0 Å². The Morgan fingerprint density at radius 3 is 2.66 bits per heavy atom. The third kappa shape index (κ3) is 5.35. The monoisotopic (exact) mass is 429 g/mol. The van der Waals surface area contributed by atoms with E-state index in [9.17, 15) is 9.59 Å². The van der Waals surface area contributed by atoms with Crippen LogP contribution in [0, 0.1) is 6.92 Å². The van der Waals surface area contributed by atoms with Crippen molar-refractivity contribution >= 4 is 46.2 Å². The van der Waals surface area contributed by atoms with E-state index in [1.165, 1.54) is 16.7 Å². The summed E-state index contributed by atoms with van der Waals surface area (Å²) in [5.74, 6) is 0.254. The standard InChI is InChI=1S/C21H23N3O3S2/c1-14-6-8-15(9-7-14)11-18-20(26)24(21(28)29-18)13-19(25)22-12-16(23(2)3)17-5-4-10-27-17/h4-11,16H,12-13H2,1-3H3,(H,22,25)/b18-11-. The fourth-order valence-electron chi connectivity index (χ4n) is 2.88. The van der Waals surface area contributed by atoms with E-state index in [1.807, 2.05) is 62.3 Å². The second kappa shape index (κ2) is 9.39. The maximum atomic E-state index is 12.7. The molecule has 0 spiro atoms. The van der Waals surface area contributed by atoms with Crippen LogP contribution in [0.5, 0.6) is 0 Å². The molecule has 152 valence electrons. The molecule has 2 amide bonds. The minimum Gasteiger partial charge on any atom is -0.468 e. The second-order valence-electron chi connectivity index (χ2n) is 6.98. The minimum atomic E-state index is -0.267. The zero-order valence-corrected chi connectivity index (χ0v) is 18.2. The average molecular weight is 430 g/mol. The predicted molar refractivity (Wildman–Crippen MR) is 119 cm³/mol. The van der Waals surface area contributed by atoms with Gasteiger partial charge >= 0.3 is 0 Å². The molecule has 1 aliphatic rings. The smallest absolute Gasteiger partial charge is 0.266 e. The summed E-state index contributed by atoms with van der Waals surface area (Å²) >= 11 is 6.53. The van der Waals surface area contributed by atoms with Gasteiger partial charge in [0.05, 0.1) is 17.2 Å². The quantitative estimate of drug-likeness (QED) is 0.539. The highest BCUT2D eigenvalue weighted by Crippen LogP contribution is 2.32. The van der Waals surface area contributed by atoms with Gasteiger partial charge in [-0.1, -0.05) is 53.8 Å². The molecule has 1 unspecified atom stereocenters. The third-order valence-electron chi connectivity index (χ3n) is 4.54. The van der Waals surface area contributed by atoms with Crippen molar-refractivity contribution in [1.29, 1.82) is 0 Å². The van der Waals surface area contributed by atoms with Gasteiger partial charge in [-0.2, -0.15) is 0 Å². The van der Waals surface area contributed by atoms with E-state index in [-0.39, 0.29) is 24.4 Å². The molecule has 1 N–H and O–H groups in total. The van der Waals surface area contributed by atoms with Crippen molar-refractivity contribution in [3.8, 4) is 0 Å². The molecule has 0 radical (unpaired) electrons. The lowest BCUT2D eigenvalue weighted by atomic mass is 10.1. The molecule has 3 rings (SSSR count). The molecule has 6 nitrogen and oxygen atoms in total. The van der Waals surface area contributed by atoms with Crippen LogP contribution >= 0.6 is 24.0 Å². The Morgan fingerprint density at radius 1 is 1.31 bits per heavy atom. The van der Waals surface area contributed by atoms with Gasteiger partial charge in [0.25, 0.3) is 5.91 Å². The summed E-state index contributed by atoms with van der Waals surface area (Å²) in [7, 11) is 3.83. The molecule has 1 atom stereocenters. The largest absolute Gasteiger partial charge is 0.468 e. The van der Waals surface area contributed by atoms with Crippen molar-refractivity contribution in [2.75, 3.05) is 27.2 Å². The lowest BCUT2D eigenvalue weighted by Crippen LogP contribution is -2.42. The van der Waals surface area contributed by atoms with Crippen LogP contribution in [0.15, 0.2) is 52.0 Å². The summed E-state index contributed by atoms with van der Waals surface area (Å²) in [6.45, 7) is 2.27. The zero-order chi connectivity index (χ0) is 21.0. The number of thiocarbonyl (C=S) groups is 1. The van der Waals surface area contributed by atoms with E-state index in [2.05, 4.69) is 5.32 Å². The normalized spacial score (nSPS) is 16.7. The van der Waals surface area contributed by atoms with E-state index in [1.54, 1.807) is 12.3 Å². The molecule has 0 aliphatic carbocycles. The highest BCUT2D eigenvalue weighted by atomic mass is 32.2. The van der Waals surface area contributed by atoms with Gasteiger partial charge in [-0.15, -0.1) is 0 Å². The van der Waals surface area contributed by atoms with Gasteiger partial charge in [0, 0.05) is 6.54 Å². The van der Waals surface area contributed by atoms with E-state index in [4.69, 9.17) is 16.6 Å². The molecule has 0 saturated carbocycles. The first-order chi connectivity index (χ1) is 13.8. The van der Waals surface area contributed by atoms with Gasteiger partial charge in [-0.25, -0.2) is 0 Å². The summed E-state index contributed by atoms with van der Waals surface area (Å²) in [4.78, 5) is 29.0. The van der Waals surface area contributed by atoms with Crippen LogP contribution in [-0.4, -0.2) is 53.1 Å². The molecule has 0 bridgehead atoms. The Labute approximate surface area is 179 Å². The van der Waals surface area contributed by atoms with Crippen LogP contribution < -0.4 is 5.32 Å². The fraction of sp³-hybridized carbons (Fsp3) is 0.286. The number of hydrogen-bond acceptors (Lipinski definition) is 6. The molecule has 1 saturated heterocycles. The number of thioether (sulfide) groups is 1. The highest BCUT2D eigenvalue weighted by Gasteiger charge is 2.33. The molecule has 2 aromatic rings. The lowest BCUT2D eigenvalue weighted by Gasteiger charge is -2.23. The van der Waals surface area contributed by atoms with Crippen LogP contribution in [0.25, 0.3) is 6.08 Å². The molecular formula is C21H23N3O3S2. The van der Waals surface area contributed by atoms with Crippen LogP contribution in [0.4, 0.5) is 0 Å². The highest BCUT2D eigenvalue weighted by molar-refractivity contribution is 8.26.